The highest BCUT2D eigenvalue weighted by atomic mass is 127. The number of anilines is 1. The second-order valence-electron chi connectivity index (χ2n) is 4.60. The zero-order chi connectivity index (χ0) is 15.0. The molecule has 118 valence electrons. The summed E-state index contributed by atoms with van der Waals surface area (Å²) in [4.78, 5) is 15.3. The van der Waals surface area contributed by atoms with Crippen LogP contribution in [-0.4, -0.2) is 25.1 Å². The van der Waals surface area contributed by atoms with Gasteiger partial charge >= 0.3 is 5.97 Å². The zero-order valence-corrected chi connectivity index (χ0v) is 15.1. The first kappa shape index (κ1) is 19.7. The van der Waals surface area contributed by atoms with Crippen LogP contribution in [0.4, 0.5) is 5.69 Å². The number of aliphatic imine (C=N–C) groups is 1. The zero-order valence-electron chi connectivity index (χ0n) is 12.8. The fourth-order valence-corrected chi connectivity index (χ4v) is 1.66. The van der Waals surface area contributed by atoms with Gasteiger partial charge < -0.3 is 15.8 Å². The number of carbonyl (C=O) groups excluding carboxylic acids is 1. The van der Waals surface area contributed by atoms with Crippen molar-refractivity contribution >= 4 is 41.6 Å². The van der Waals surface area contributed by atoms with Gasteiger partial charge in [0.25, 0.3) is 0 Å². The number of esters is 1. The number of hydrogen-bond donors (Lipinski definition) is 2. The SMILES string of the molecule is CCOC(=O)CCCN=C(N)Nc1ccc(C)c(C)c1.I. The lowest BCUT2D eigenvalue weighted by Gasteiger charge is -2.08. The molecule has 3 N–H and O–H groups in total. The molecule has 0 aromatic heterocycles. The monoisotopic (exact) mass is 405 g/mol. The fraction of sp³-hybridized carbons (Fsp3) is 0.467. The smallest absolute Gasteiger partial charge is 0.305 e. The van der Waals surface area contributed by atoms with Crippen molar-refractivity contribution in [2.24, 2.45) is 10.7 Å². The summed E-state index contributed by atoms with van der Waals surface area (Å²) in [5, 5.41) is 3.03. The van der Waals surface area contributed by atoms with Gasteiger partial charge in [-0.2, -0.15) is 0 Å². The molecule has 0 aliphatic rings. The Balaban J connectivity index is 0.00000400. The van der Waals surface area contributed by atoms with Gasteiger partial charge in [-0.3, -0.25) is 9.79 Å². The van der Waals surface area contributed by atoms with E-state index in [9.17, 15) is 4.79 Å². The van der Waals surface area contributed by atoms with Crippen LogP contribution in [0.1, 0.15) is 30.9 Å². The molecule has 0 radical (unpaired) electrons. The van der Waals surface area contributed by atoms with Crippen molar-refractivity contribution in [1.29, 1.82) is 0 Å². The lowest BCUT2D eigenvalue weighted by Crippen LogP contribution is -2.23. The Morgan fingerprint density at radius 2 is 2.05 bits per heavy atom. The summed E-state index contributed by atoms with van der Waals surface area (Å²) in [6.07, 6.45) is 1.00. The second kappa shape index (κ2) is 10.4. The van der Waals surface area contributed by atoms with Crippen LogP contribution in [0.15, 0.2) is 23.2 Å². The van der Waals surface area contributed by atoms with Crippen molar-refractivity contribution in [2.75, 3.05) is 18.5 Å². The molecule has 6 heteroatoms. The Morgan fingerprint density at radius 3 is 2.67 bits per heavy atom. The van der Waals surface area contributed by atoms with Crippen LogP contribution >= 0.6 is 24.0 Å². The molecular formula is C15H24IN3O2. The van der Waals surface area contributed by atoms with E-state index in [1.54, 1.807) is 6.92 Å². The Morgan fingerprint density at radius 1 is 1.33 bits per heavy atom. The van der Waals surface area contributed by atoms with Crippen molar-refractivity contribution in [3.63, 3.8) is 0 Å². The number of ether oxygens (including phenoxy) is 1. The van der Waals surface area contributed by atoms with Gasteiger partial charge in [0, 0.05) is 18.7 Å². The number of aryl methyl sites for hydroxylation is 2. The Labute approximate surface area is 143 Å². The Kier molecular flexibility index (Phi) is 9.77. The molecule has 5 nitrogen and oxygen atoms in total. The summed E-state index contributed by atoms with van der Waals surface area (Å²) in [5.41, 5.74) is 9.14. The third-order valence-corrected chi connectivity index (χ3v) is 2.91. The molecule has 0 fully saturated rings. The van der Waals surface area contributed by atoms with Crippen LogP contribution in [-0.2, 0) is 9.53 Å². The molecule has 0 saturated heterocycles. The number of nitrogens with one attached hydrogen (secondary N) is 1. The molecular weight excluding hydrogens is 381 g/mol. The van der Waals surface area contributed by atoms with E-state index in [4.69, 9.17) is 10.5 Å². The molecule has 0 aliphatic heterocycles. The predicted octanol–water partition coefficient (Wildman–Crippen LogP) is 2.99. The van der Waals surface area contributed by atoms with Crippen molar-refractivity contribution < 1.29 is 9.53 Å². The highest BCUT2D eigenvalue weighted by Gasteiger charge is 2.01. The number of carbonyl (C=O) groups is 1. The summed E-state index contributed by atoms with van der Waals surface area (Å²) >= 11 is 0. The maximum absolute atomic E-state index is 11.1. The quantitative estimate of drug-likeness (QED) is 0.251. The van der Waals surface area contributed by atoms with E-state index >= 15 is 0 Å². The van der Waals surface area contributed by atoms with Crippen molar-refractivity contribution in [2.45, 2.75) is 33.6 Å². The van der Waals surface area contributed by atoms with Gasteiger partial charge in [0.15, 0.2) is 5.96 Å². The molecule has 0 atom stereocenters. The molecule has 1 aromatic rings. The maximum Gasteiger partial charge on any atom is 0.305 e. The summed E-state index contributed by atoms with van der Waals surface area (Å²) in [6.45, 7) is 6.82. The number of rotatable bonds is 6. The summed E-state index contributed by atoms with van der Waals surface area (Å²) < 4.78 is 4.83. The van der Waals surface area contributed by atoms with Gasteiger partial charge in [-0.1, -0.05) is 6.07 Å². The first-order chi connectivity index (χ1) is 9.52. The van der Waals surface area contributed by atoms with Gasteiger partial charge in [0.2, 0.25) is 0 Å². The van der Waals surface area contributed by atoms with E-state index in [-0.39, 0.29) is 29.9 Å². The molecule has 0 spiro atoms. The molecule has 0 aliphatic carbocycles. The van der Waals surface area contributed by atoms with Gasteiger partial charge in [-0.05, 0) is 50.5 Å². The Hall–Kier alpha value is -1.31. The van der Waals surface area contributed by atoms with E-state index in [0.717, 1.165) is 5.69 Å². The minimum absolute atomic E-state index is 0. The van der Waals surface area contributed by atoms with Crippen molar-refractivity contribution in [3.05, 3.63) is 29.3 Å². The van der Waals surface area contributed by atoms with Crippen LogP contribution in [0.25, 0.3) is 0 Å². The highest BCUT2D eigenvalue weighted by Crippen LogP contribution is 2.13. The number of nitrogens with zero attached hydrogens (tertiary/aromatic N) is 1. The summed E-state index contributed by atoms with van der Waals surface area (Å²) in [5.74, 6) is 0.167. The molecule has 21 heavy (non-hydrogen) atoms. The predicted molar refractivity (Wildman–Crippen MR) is 97.3 cm³/mol. The molecule has 0 saturated carbocycles. The third kappa shape index (κ3) is 7.89. The van der Waals surface area contributed by atoms with Gasteiger partial charge in [-0.15, -0.1) is 24.0 Å². The topological polar surface area (TPSA) is 76.7 Å². The minimum atomic E-state index is -0.191. The molecule has 1 rings (SSSR count). The molecule has 0 unspecified atom stereocenters. The van der Waals surface area contributed by atoms with E-state index < -0.39 is 0 Å². The lowest BCUT2D eigenvalue weighted by molar-refractivity contribution is -0.143. The highest BCUT2D eigenvalue weighted by molar-refractivity contribution is 14.0. The van der Waals surface area contributed by atoms with E-state index in [1.165, 1.54) is 11.1 Å². The van der Waals surface area contributed by atoms with Gasteiger partial charge in [0.1, 0.15) is 0 Å². The first-order valence-corrected chi connectivity index (χ1v) is 6.82. The normalized spacial score (nSPS) is 10.7. The van der Waals surface area contributed by atoms with Gasteiger partial charge in [-0.25, -0.2) is 0 Å². The summed E-state index contributed by atoms with van der Waals surface area (Å²) in [7, 11) is 0. The number of guanidine groups is 1. The van der Waals surface area contributed by atoms with E-state index in [0.29, 0.717) is 32.0 Å². The average Bonchev–Trinajstić information content (AvgIpc) is 2.39. The molecule has 1 aromatic carbocycles. The van der Waals surface area contributed by atoms with E-state index in [1.807, 2.05) is 25.1 Å². The maximum atomic E-state index is 11.1. The standard InChI is InChI=1S/C15H23N3O2.HI/c1-4-20-14(19)6-5-9-17-15(16)18-13-8-7-11(2)12(3)10-13;/h7-8,10H,4-6,9H2,1-3H3,(H3,16,17,18);1H. The largest absolute Gasteiger partial charge is 0.466 e. The summed E-state index contributed by atoms with van der Waals surface area (Å²) in [6, 6.07) is 6.02. The third-order valence-electron chi connectivity index (χ3n) is 2.91. The number of hydrogen-bond acceptors (Lipinski definition) is 3. The van der Waals surface area contributed by atoms with E-state index in [2.05, 4.69) is 17.2 Å². The van der Waals surface area contributed by atoms with Crippen LogP contribution in [0.3, 0.4) is 0 Å². The van der Waals surface area contributed by atoms with Crippen LogP contribution < -0.4 is 11.1 Å². The first-order valence-electron chi connectivity index (χ1n) is 6.82. The number of nitrogens with two attached hydrogens (primary N) is 1. The minimum Gasteiger partial charge on any atom is -0.466 e. The van der Waals surface area contributed by atoms with Crippen LogP contribution in [0.5, 0.6) is 0 Å². The Bertz CT molecular complexity index is 490. The average molecular weight is 405 g/mol. The van der Waals surface area contributed by atoms with Crippen LogP contribution in [0, 0.1) is 13.8 Å². The molecule has 0 amide bonds. The molecule has 0 heterocycles. The second-order valence-corrected chi connectivity index (χ2v) is 4.60. The molecule has 0 bridgehead atoms. The van der Waals surface area contributed by atoms with Crippen molar-refractivity contribution in [1.82, 2.24) is 0 Å². The van der Waals surface area contributed by atoms with Crippen molar-refractivity contribution in [3.8, 4) is 0 Å². The number of halogens is 1. The van der Waals surface area contributed by atoms with Crippen LogP contribution in [0.2, 0.25) is 0 Å². The fourth-order valence-electron chi connectivity index (χ4n) is 1.66. The number of benzene rings is 1. The van der Waals surface area contributed by atoms with Gasteiger partial charge in [0.05, 0.1) is 6.61 Å². The lowest BCUT2D eigenvalue weighted by atomic mass is 10.1.